The summed E-state index contributed by atoms with van der Waals surface area (Å²) in [7, 11) is 5.03. The maximum absolute atomic E-state index is 11.5. The van der Waals surface area contributed by atoms with Crippen molar-refractivity contribution in [2.75, 3.05) is 37.8 Å². The van der Waals surface area contributed by atoms with Gasteiger partial charge in [0.2, 0.25) is 24.1 Å². The van der Waals surface area contributed by atoms with Gasteiger partial charge in [-0.3, -0.25) is 33.7 Å². The molecule has 1 heterocycles. The van der Waals surface area contributed by atoms with Gasteiger partial charge in [-0.2, -0.15) is 0 Å². The molecule has 0 fully saturated rings. The van der Waals surface area contributed by atoms with Crippen molar-refractivity contribution in [1.82, 2.24) is 26.2 Å². The Bertz CT molecular complexity index is 761. The van der Waals surface area contributed by atoms with E-state index in [-0.39, 0.29) is 43.0 Å². The molecule has 0 atom stereocenters. The van der Waals surface area contributed by atoms with Crippen molar-refractivity contribution in [2.45, 2.75) is 39.0 Å². The van der Waals surface area contributed by atoms with Crippen molar-refractivity contribution >= 4 is 61.2 Å². The van der Waals surface area contributed by atoms with Gasteiger partial charge in [-0.15, -0.1) is 11.8 Å². The lowest BCUT2D eigenvalue weighted by Crippen LogP contribution is -2.43. The number of unbranched alkanes of at least 4 members (excludes halogenated alkanes) is 2. The number of nitrogens with zero attached hydrogens (tertiary/aromatic N) is 1. The fraction of sp³-hybridized carbons (Fsp3) is 0.571. The average Bonchev–Trinajstić information content (AvgIpc) is 3.14. The quantitative estimate of drug-likeness (QED) is 0.0594. The summed E-state index contributed by atoms with van der Waals surface area (Å²) in [6.07, 6.45) is 6.82. The van der Waals surface area contributed by atoms with Crippen LogP contribution in [0.1, 0.15) is 39.0 Å². The van der Waals surface area contributed by atoms with Crippen molar-refractivity contribution in [3.8, 4) is 0 Å². The Morgan fingerprint density at radius 3 is 2.03 bits per heavy atom. The molecule has 1 aliphatic heterocycles. The summed E-state index contributed by atoms with van der Waals surface area (Å²) in [5.41, 5.74) is -0.292. The van der Waals surface area contributed by atoms with Crippen LogP contribution in [0.15, 0.2) is 12.2 Å². The predicted octanol–water partition coefficient (Wildman–Crippen LogP) is -1.65. The van der Waals surface area contributed by atoms with E-state index < -0.39 is 11.8 Å². The minimum Gasteiger partial charge on any atom is -0.350 e. The van der Waals surface area contributed by atoms with E-state index in [1.54, 1.807) is 11.8 Å². The van der Waals surface area contributed by atoms with Gasteiger partial charge in [-0.1, -0.05) is 13.3 Å². The summed E-state index contributed by atoms with van der Waals surface area (Å²) < 4.78 is 0. The Labute approximate surface area is 210 Å². The zero-order chi connectivity index (χ0) is 26.5. The second-order valence-corrected chi connectivity index (χ2v) is 8.25. The van der Waals surface area contributed by atoms with Crippen LogP contribution in [0.3, 0.4) is 0 Å². The smallest absolute Gasteiger partial charge is 0.253 e. The van der Waals surface area contributed by atoms with Crippen LogP contribution in [-0.2, 0) is 33.6 Å². The lowest BCUT2D eigenvalue weighted by molar-refractivity contribution is -0.137. The molecule has 0 saturated carbocycles. The molecule has 0 unspecified atom stereocenters. The highest BCUT2D eigenvalue weighted by molar-refractivity contribution is 7.99. The van der Waals surface area contributed by atoms with Gasteiger partial charge in [-0.25, -0.2) is 0 Å². The standard InChI is InChI=1S/C14H23BN4O5S.C7H9NO2/c15-11(21)4-2-1-3-5-25-10-19-14(24)8-18-13(23)7-17-12(22)6-16-9-20;1-2-5-8-6(9)3-4-7(8)10/h9H,1-8,10H2,(H,16,20)(H,17,22)(H,18,23)(H,19,24);3-4H,2,5H2,1H3. The van der Waals surface area contributed by atoms with Crippen LogP contribution in [0.2, 0.25) is 0 Å². The zero-order valence-electron chi connectivity index (χ0n) is 19.8. The third-order valence-corrected chi connectivity index (χ3v) is 5.10. The molecule has 6 amide bonds. The molecular weight excluding hydrogens is 477 g/mol. The lowest BCUT2D eigenvalue weighted by Gasteiger charge is -2.10. The normalized spacial score (nSPS) is 11.9. The topological polar surface area (TPSA) is 171 Å². The van der Waals surface area contributed by atoms with Gasteiger partial charge >= 0.3 is 0 Å². The van der Waals surface area contributed by atoms with Crippen molar-refractivity contribution < 1.29 is 33.6 Å². The monoisotopic (exact) mass is 509 g/mol. The average molecular weight is 509 g/mol. The van der Waals surface area contributed by atoms with E-state index in [2.05, 4.69) is 21.3 Å². The molecule has 0 bridgehead atoms. The molecule has 0 spiro atoms. The highest BCUT2D eigenvalue weighted by atomic mass is 32.2. The molecule has 14 heteroatoms. The highest BCUT2D eigenvalue weighted by Gasteiger charge is 2.21. The van der Waals surface area contributed by atoms with Crippen molar-refractivity contribution in [3.05, 3.63) is 12.2 Å². The second-order valence-electron chi connectivity index (χ2n) is 7.14. The minimum absolute atomic E-state index is 0.180. The van der Waals surface area contributed by atoms with Gasteiger partial charge in [0.25, 0.3) is 11.8 Å². The van der Waals surface area contributed by atoms with E-state index >= 15 is 0 Å². The lowest BCUT2D eigenvalue weighted by atomic mass is 9.97. The van der Waals surface area contributed by atoms with Crippen LogP contribution in [-0.4, -0.2) is 92.2 Å². The number of rotatable bonds is 17. The molecule has 4 N–H and O–H groups in total. The molecule has 0 saturated heterocycles. The number of hydrogen-bond acceptors (Lipinski definition) is 8. The molecule has 0 aromatic carbocycles. The van der Waals surface area contributed by atoms with E-state index in [1.165, 1.54) is 17.1 Å². The number of imide groups is 1. The molecule has 0 aromatic rings. The first kappa shape index (κ1) is 31.8. The van der Waals surface area contributed by atoms with Crippen LogP contribution < -0.4 is 21.3 Å². The molecule has 0 aromatic heterocycles. The number of thioether (sulfide) groups is 1. The molecule has 1 aliphatic rings. The van der Waals surface area contributed by atoms with E-state index in [0.29, 0.717) is 25.3 Å². The van der Waals surface area contributed by atoms with Crippen LogP contribution in [0.5, 0.6) is 0 Å². The Morgan fingerprint density at radius 1 is 0.914 bits per heavy atom. The Morgan fingerprint density at radius 2 is 1.49 bits per heavy atom. The molecule has 2 radical (unpaired) electrons. The van der Waals surface area contributed by atoms with Gasteiger partial charge in [0, 0.05) is 18.7 Å². The summed E-state index contributed by atoms with van der Waals surface area (Å²) >= 11 is 1.54. The van der Waals surface area contributed by atoms with Crippen LogP contribution in [0.25, 0.3) is 0 Å². The SMILES string of the molecule is CCCN1C(=O)C=CC1=O.[B]C(=O)CCCCCSCNC(=O)CNC(=O)CNC(=O)CNC=O. The summed E-state index contributed by atoms with van der Waals surface area (Å²) in [5, 5.41) is 9.45. The van der Waals surface area contributed by atoms with Gasteiger partial charge in [0.15, 0.2) is 7.85 Å². The first-order chi connectivity index (χ1) is 16.7. The van der Waals surface area contributed by atoms with E-state index in [1.807, 2.05) is 6.92 Å². The number of nitrogens with one attached hydrogen (secondary N) is 4. The van der Waals surface area contributed by atoms with Gasteiger partial charge in [-0.05, 0) is 31.4 Å². The van der Waals surface area contributed by atoms with Crippen LogP contribution in [0, 0.1) is 0 Å². The fourth-order valence-corrected chi connectivity index (χ4v) is 3.25. The van der Waals surface area contributed by atoms with Gasteiger partial charge in [0.1, 0.15) is 0 Å². The Balaban J connectivity index is 0.000000952. The summed E-state index contributed by atoms with van der Waals surface area (Å²) in [6.45, 7) is 1.80. The van der Waals surface area contributed by atoms with E-state index in [0.717, 1.165) is 31.4 Å². The molecule has 0 aliphatic carbocycles. The highest BCUT2D eigenvalue weighted by Crippen LogP contribution is 2.06. The minimum atomic E-state index is -0.503. The molecule has 192 valence electrons. The maximum atomic E-state index is 11.5. The first-order valence-corrected chi connectivity index (χ1v) is 12.2. The van der Waals surface area contributed by atoms with E-state index in [9.17, 15) is 33.6 Å². The Kier molecular flexibility index (Phi) is 18.4. The summed E-state index contributed by atoms with van der Waals surface area (Å²) in [5.74, 6) is -0.428. The maximum Gasteiger partial charge on any atom is 0.253 e. The number of amides is 6. The summed E-state index contributed by atoms with van der Waals surface area (Å²) in [6, 6.07) is 0. The van der Waals surface area contributed by atoms with Crippen molar-refractivity contribution in [2.24, 2.45) is 0 Å². The van der Waals surface area contributed by atoms with Crippen LogP contribution >= 0.6 is 11.8 Å². The van der Waals surface area contributed by atoms with Crippen LogP contribution in [0.4, 0.5) is 0 Å². The number of carbonyl (C=O) groups is 7. The fourth-order valence-electron chi connectivity index (χ4n) is 2.44. The first-order valence-electron chi connectivity index (χ1n) is 11.1. The third kappa shape index (κ3) is 17.9. The summed E-state index contributed by atoms with van der Waals surface area (Å²) in [4.78, 5) is 77.4. The predicted molar refractivity (Wildman–Crippen MR) is 131 cm³/mol. The Hall–Kier alpha value is -3.16. The molecule has 12 nitrogen and oxygen atoms in total. The molecule has 1 rings (SSSR count). The second kappa shape index (κ2) is 20.2. The molecule has 35 heavy (non-hydrogen) atoms. The van der Waals surface area contributed by atoms with Gasteiger partial charge < -0.3 is 26.1 Å². The number of hydrogen-bond donors (Lipinski definition) is 4. The van der Waals surface area contributed by atoms with Crippen molar-refractivity contribution in [1.29, 1.82) is 0 Å². The zero-order valence-corrected chi connectivity index (χ0v) is 20.6. The van der Waals surface area contributed by atoms with Crippen molar-refractivity contribution in [3.63, 3.8) is 0 Å². The number of carbonyl (C=O) groups excluding carboxylic acids is 7. The third-order valence-electron chi connectivity index (χ3n) is 4.17. The largest absolute Gasteiger partial charge is 0.350 e. The van der Waals surface area contributed by atoms with Gasteiger partial charge in [0.05, 0.1) is 31.2 Å². The van der Waals surface area contributed by atoms with E-state index in [4.69, 9.17) is 7.85 Å². The molecular formula is C21H32BN5O7S.